The zero-order valence-electron chi connectivity index (χ0n) is 19.4. The summed E-state index contributed by atoms with van der Waals surface area (Å²) in [5.74, 6) is 1.72. The number of hydrogen-bond acceptors (Lipinski definition) is 2. The maximum absolute atomic E-state index is 14.3. The highest BCUT2D eigenvalue weighted by Crippen LogP contribution is 2.46. The molecule has 1 amide bonds. The number of quaternary nitrogens is 1. The average Bonchev–Trinajstić information content (AvgIpc) is 3.22. The van der Waals surface area contributed by atoms with Gasteiger partial charge in [-0.3, -0.25) is 4.79 Å². The van der Waals surface area contributed by atoms with Gasteiger partial charge in [-0.1, -0.05) is 54.4 Å². The standard InChI is InChI=1S/C28H34ClN3O/c29-26-12-11-22-24(31-26)10-5-14-28(22)18-30-17-23(28)27(33)32-15-13-21(19-6-2-1-3-7-19)16-25(32)20-8-4-9-20/h1-3,6-7,11-12,20-21,23,25,30H,4-5,8-10,13-18H2/p+1/t21?,23-,25?,28-/m0/s1. The van der Waals surface area contributed by atoms with Gasteiger partial charge in [-0.2, -0.15) is 0 Å². The second-order valence-electron chi connectivity index (χ2n) is 10.8. The summed E-state index contributed by atoms with van der Waals surface area (Å²) in [6, 6.07) is 15.5. The molecule has 2 unspecified atom stereocenters. The van der Waals surface area contributed by atoms with Gasteiger partial charge in [0, 0.05) is 18.3 Å². The van der Waals surface area contributed by atoms with Crippen molar-refractivity contribution < 1.29 is 10.1 Å². The Labute approximate surface area is 202 Å². The smallest absolute Gasteiger partial charge is 0.232 e. The molecule has 1 saturated carbocycles. The summed E-state index contributed by atoms with van der Waals surface area (Å²) < 4.78 is 0. The third-order valence-corrected chi connectivity index (χ3v) is 9.49. The van der Waals surface area contributed by atoms with Crippen LogP contribution in [-0.2, 0) is 16.6 Å². The van der Waals surface area contributed by atoms with Crippen LogP contribution in [0.25, 0.3) is 0 Å². The Morgan fingerprint density at radius 3 is 2.73 bits per heavy atom. The summed E-state index contributed by atoms with van der Waals surface area (Å²) in [6.45, 7) is 2.79. The van der Waals surface area contributed by atoms with Gasteiger partial charge in [0.2, 0.25) is 5.91 Å². The highest BCUT2D eigenvalue weighted by atomic mass is 35.5. The van der Waals surface area contributed by atoms with Crippen molar-refractivity contribution in [2.24, 2.45) is 11.8 Å². The van der Waals surface area contributed by atoms with Gasteiger partial charge in [-0.05, 0) is 74.0 Å². The number of likely N-dealkylation sites (tertiary alicyclic amines) is 1. The van der Waals surface area contributed by atoms with Crippen molar-refractivity contribution in [3.05, 3.63) is 64.4 Å². The van der Waals surface area contributed by atoms with Crippen LogP contribution in [0.4, 0.5) is 0 Å². The molecule has 3 fully saturated rings. The van der Waals surface area contributed by atoms with Gasteiger partial charge < -0.3 is 10.2 Å². The molecule has 0 radical (unpaired) electrons. The fraction of sp³-hybridized carbons (Fsp3) is 0.571. The van der Waals surface area contributed by atoms with Crippen LogP contribution >= 0.6 is 11.6 Å². The van der Waals surface area contributed by atoms with E-state index < -0.39 is 0 Å². The van der Waals surface area contributed by atoms with Crippen LogP contribution in [0.1, 0.15) is 67.7 Å². The first-order valence-corrected chi connectivity index (χ1v) is 13.4. The van der Waals surface area contributed by atoms with Gasteiger partial charge in [0.1, 0.15) is 11.1 Å². The van der Waals surface area contributed by atoms with Crippen molar-refractivity contribution in [3.8, 4) is 0 Å². The number of amides is 1. The molecule has 4 nitrogen and oxygen atoms in total. The third kappa shape index (κ3) is 3.70. The number of aromatic nitrogens is 1. The Kier molecular flexibility index (Phi) is 5.70. The number of pyridine rings is 1. The molecular formula is C28H35ClN3O+. The van der Waals surface area contributed by atoms with E-state index in [1.54, 1.807) is 0 Å². The summed E-state index contributed by atoms with van der Waals surface area (Å²) in [7, 11) is 0. The van der Waals surface area contributed by atoms with Crippen molar-refractivity contribution >= 4 is 17.5 Å². The summed E-state index contributed by atoms with van der Waals surface area (Å²) >= 11 is 6.24. The first-order valence-electron chi connectivity index (χ1n) is 13.0. The minimum Gasteiger partial charge on any atom is -0.345 e. The van der Waals surface area contributed by atoms with E-state index in [1.165, 1.54) is 30.4 Å². The lowest BCUT2D eigenvalue weighted by Crippen LogP contribution is -2.82. The van der Waals surface area contributed by atoms with Gasteiger partial charge in [0.25, 0.3) is 0 Å². The molecule has 6 rings (SSSR count). The molecule has 2 aromatic rings. The Morgan fingerprint density at radius 1 is 1.09 bits per heavy atom. The second-order valence-corrected chi connectivity index (χ2v) is 11.2. The Hall–Kier alpha value is -1.91. The van der Waals surface area contributed by atoms with E-state index in [1.807, 2.05) is 6.07 Å². The number of benzene rings is 1. The molecule has 5 heteroatoms. The Balaban J connectivity index is 1.29. The topological polar surface area (TPSA) is 49.8 Å². The van der Waals surface area contributed by atoms with Crippen LogP contribution < -0.4 is 5.32 Å². The van der Waals surface area contributed by atoms with Crippen LogP contribution in [0.15, 0.2) is 42.5 Å². The maximum Gasteiger partial charge on any atom is 0.232 e. The summed E-state index contributed by atoms with van der Waals surface area (Å²) in [4.78, 5) is 21.3. The summed E-state index contributed by atoms with van der Waals surface area (Å²) in [5.41, 5.74) is 3.79. The SMILES string of the molecule is O=C([C@@H]1C[NH2+]C[C@]12CCCc1nc(Cl)ccc12)N1CCC(c2ccccc2)CC1C1CCC1. The first kappa shape index (κ1) is 21.6. The number of carbonyl (C=O) groups is 1. The lowest BCUT2D eigenvalue weighted by molar-refractivity contribution is -0.640. The fourth-order valence-corrected chi connectivity index (χ4v) is 7.55. The average molecular weight is 465 g/mol. The van der Waals surface area contributed by atoms with Crippen LogP contribution in [0.3, 0.4) is 0 Å². The predicted molar refractivity (Wildman–Crippen MR) is 130 cm³/mol. The molecule has 174 valence electrons. The molecule has 2 N–H and O–H groups in total. The zero-order chi connectivity index (χ0) is 22.4. The highest BCUT2D eigenvalue weighted by molar-refractivity contribution is 6.29. The molecular weight excluding hydrogens is 430 g/mol. The van der Waals surface area contributed by atoms with E-state index in [2.05, 4.69) is 51.6 Å². The number of nitrogens with zero attached hydrogens (tertiary/aromatic N) is 2. The molecule has 2 aliphatic carbocycles. The van der Waals surface area contributed by atoms with Crippen molar-refractivity contribution in [1.82, 2.24) is 9.88 Å². The van der Waals surface area contributed by atoms with Gasteiger partial charge in [0.05, 0.1) is 18.5 Å². The maximum atomic E-state index is 14.3. The van der Waals surface area contributed by atoms with E-state index in [0.717, 1.165) is 57.4 Å². The number of piperidine rings is 1. The lowest BCUT2D eigenvalue weighted by atomic mass is 9.64. The molecule has 2 aliphatic heterocycles. The molecule has 1 aromatic heterocycles. The normalized spacial score (nSPS) is 31.9. The monoisotopic (exact) mass is 464 g/mol. The number of aryl methyl sites for hydroxylation is 1. The minimum absolute atomic E-state index is 0.0513. The Bertz CT molecular complexity index is 1020. The summed E-state index contributed by atoms with van der Waals surface area (Å²) in [6.07, 6.45) is 9.25. The predicted octanol–water partition coefficient (Wildman–Crippen LogP) is 4.08. The van der Waals surface area contributed by atoms with Crippen molar-refractivity contribution in [1.29, 1.82) is 0 Å². The van der Waals surface area contributed by atoms with E-state index in [0.29, 0.717) is 28.9 Å². The van der Waals surface area contributed by atoms with Crippen LogP contribution in [0, 0.1) is 11.8 Å². The molecule has 1 aromatic carbocycles. The van der Waals surface area contributed by atoms with Gasteiger partial charge in [-0.15, -0.1) is 0 Å². The molecule has 0 bridgehead atoms. The van der Waals surface area contributed by atoms with E-state index in [-0.39, 0.29) is 11.3 Å². The number of hydrogen-bond donors (Lipinski definition) is 1. The number of rotatable bonds is 3. The van der Waals surface area contributed by atoms with Gasteiger partial charge in [0.15, 0.2) is 0 Å². The van der Waals surface area contributed by atoms with Crippen molar-refractivity contribution in [3.63, 3.8) is 0 Å². The van der Waals surface area contributed by atoms with Crippen LogP contribution in [0.2, 0.25) is 5.15 Å². The quantitative estimate of drug-likeness (QED) is 0.696. The van der Waals surface area contributed by atoms with Crippen molar-refractivity contribution in [2.75, 3.05) is 19.6 Å². The van der Waals surface area contributed by atoms with E-state index in [4.69, 9.17) is 11.6 Å². The van der Waals surface area contributed by atoms with Crippen molar-refractivity contribution in [2.45, 2.75) is 68.7 Å². The number of halogens is 1. The molecule has 1 spiro atoms. The van der Waals surface area contributed by atoms with Gasteiger partial charge in [-0.25, -0.2) is 4.98 Å². The van der Waals surface area contributed by atoms with Crippen LogP contribution in [0.5, 0.6) is 0 Å². The van der Waals surface area contributed by atoms with Gasteiger partial charge >= 0.3 is 0 Å². The lowest BCUT2D eigenvalue weighted by Gasteiger charge is -2.48. The Morgan fingerprint density at radius 2 is 1.94 bits per heavy atom. The fourth-order valence-electron chi connectivity index (χ4n) is 7.38. The molecule has 3 heterocycles. The van der Waals surface area contributed by atoms with E-state index >= 15 is 0 Å². The molecule has 33 heavy (non-hydrogen) atoms. The van der Waals surface area contributed by atoms with Crippen LogP contribution in [-0.4, -0.2) is 41.5 Å². The first-order chi connectivity index (χ1) is 16.2. The number of carbonyl (C=O) groups excluding carboxylic acids is 1. The zero-order valence-corrected chi connectivity index (χ0v) is 20.1. The largest absolute Gasteiger partial charge is 0.345 e. The molecule has 2 saturated heterocycles. The molecule has 4 atom stereocenters. The third-order valence-electron chi connectivity index (χ3n) is 9.28. The number of nitrogens with two attached hydrogens (primary N) is 1. The summed E-state index contributed by atoms with van der Waals surface area (Å²) in [5, 5.41) is 2.95. The second kappa shape index (κ2) is 8.70. The minimum atomic E-state index is -0.0807. The molecule has 4 aliphatic rings. The van der Waals surface area contributed by atoms with E-state index in [9.17, 15) is 4.79 Å². The number of fused-ring (bicyclic) bond motifs is 2. The highest BCUT2D eigenvalue weighted by Gasteiger charge is 2.55.